The summed E-state index contributed by atoms with van der Waals surface area (Å²) in [5.41, 5.74) is 1.73. The summed E-state index contributed by atoms with van der Waals surface area (Å²) in [6.45, 7) is 3.61. The standard InChI is InChI=1S/C23H27FN4O3/c1-16(29)26-22-12-17(13-25)2-7-23(22)31-15-21(30)14-28-10-8-20(9-11-28)27-19-5-3-18(24)4-6-19/h2-7,12,20-21,27,30H,8-11,14-15H2,1H3,(H,26,29). The monoisotopic (exact) mass is 426 g/mol. The molecule has 1 unspecified atom stereocenters. The summed E-state index contributed by atoms with van der Waals surface area (Å²) >= 11 is 0. The highest BCUT2D eigenvalue weighted by atomic mass is 19.1. The molecule has 164 valence electrons. The van der Waals surface area contributed by atoms with Crippen molar-refractivity contribution >= 4 is 17.3 Å². The Labute approximate surface area is 181 Å². The van der Waals surface area contributed by atoms with Gasteiger partial charge >= 0.3 is 0 Å². The van der Waals surface area contributed by atoms with Gasteiger partial charge in [0.05, 0.1) is 17.3 Å². The number of hydrogen-bond donors (Lipinski definition) is 3. The Balaban J connectivity index is 1.44. The molecule has 3 N–H and O–H groups in total. The highest BCUT2D eigenvalue weighted by molar-refractivity contribution is 5.90. The van der Waals surface area contributed by atoms with Crippen LogP contribution in [0, 0.1) is 17.1 Å². The number of nitrogens with one attached hydrogen (secondary N) is 2. The number of likely N-dealkylation sites (tertiary alicyclic amines) is 1. The fourth-order valence-electron chi connectivity index (χ4n) is 3.59. The van der Waals surface area contributed by atoms with Gasteiger partial charge in [0.25, 0.3) is 0 Å². The number of ether oxygens (including phenoxy) is 1. The maximum Gasteiger partial charge on any atom is 0.221 e. The van der Waals surface area contributed by atoms with Gasteiger partial charge in [0.15, 0.2) is 0 Å². The zero-order valence-corrected chi connectivity index (χ0v) is 17.5. The van der Waals surface area contributed by atoms with Gasteiger partial charge < -0.3 is 25.4 Å². The van der Waals surface area contributed by atoms with E-state index in [0.29, 0.717) is 29.6 Å². The van der Waals surface area contributed by atoms with Crippen LogP contribution in [-0.2, 0) is 4.79 Å². The fourth-order valence-corrected chi connectivity index (χ4v) is 3.59. The molecule has 1 atom stereocenters. The summed E-state index contributed by atoms with van der Waals surface area (Å²) in [5.74, 6) is -0.102. The lowest BCUT2D eigenvalue weighted by Gasteiger charge is -2.34. The quantitative estimate of drug-likeness (QED) is 0.600. The maximum absolute atomic E-state index is 13.0. The first-order valence-corrected chi connectivity index (χ1v) is 10.3. The number of nitriles is 1. The van der Waals surface area contributed by atoms with Crippen molar-refractivity contribution in [3.05, 3.63) is 53.8 Å². The molecular formula is C23H27FN4O3. The van der Waals surface area contributed by atoms with Gasteiger partial charge in [-0.2, -0.15) is 5.26 Å². The Morgan fingerprint density at radius 3 is 2.65 bits per heavy atom. The van der Waals surface area contributed by atoms with Gasteiger partial charge in [-0.05, 0) is 55.3 Å². The topological polar surface area (TPSA) is 97.6 Å². The number of rotatable bonds is 8. The normalized spacial score (nSPS) is 15.7. The molecule has 0 aromatic heterocycles. The summed E-state index contributed by atoms with van der Waals surface area (Å²) in [6.07, 6.45) is 1.16. The number of nitrogens with zero attached hydrogens (tertiary/aromatic N) is 2. The summed E-state index contributed by atoms with van der Waals surface area (Å²) in [5, 5.41) is 25.5. The van der Waals surface area contributed by atoms with Crippen molar-refractivity contribution in [1.29, 1.82) is 5.26 Å². The first kappa shape index (κ1) is 22.5. The number of aliphatic hydroxyl groups excluding tert-OH is 1. The second-order valence-corrected chi connectivity index (χ2v) is 7.69. The van der Waals surface area contributed by atoms with E-state index in [2.05, 4.69) is 15.5 Å². The van der Waals surface area contributed by atoms with Gasteiger partial charge in [-0.1, -0.05) is 0 Å². The van der Waals surface area contributed by atoms with Gasteiger partial charge in [0.2, 0.25) is 5.91 Å². The minimum Gasteiger partial charge on any atom is -0.489 e. The third-order valence-electron chi connectivity index (χ3n) is 5.12. The van der Waals surface area contributed by atoms with E-state index < -0.39 is 6.10 Å². The highest BCUT2D eigenvalue weighted by Crippen LogP contribution is 2.26. The summed E-state index contributed by atoms with van der Waals surface area (Å²) in [7, 11) is 0. The zero-order valence-electron chi connectivity index (χ0n) is 17.5. The van der Waals surface area contributed by atoms with Gasteiger partial charge in [-0.15, -0.1) is 0 Å². The number of β-amino-alcohol motifs (C(OH)–C–C–N with tert-alkyl or cyclic N) is 1. The Morgan fingerprint density at radius 1 is 1.29 bits per heavy atom. The van der Waals surface area contributed by atoms with E-state index in [1.54, 1.807) is 30.3 Å². The van der Waals surface area contributed by atoms with Crippen LogP contribution in [-0.4, -0.2) is 54.3 Å². The van der Waals surface area contributed by atoms with Crippen LogP contribution in [0.3, 0.4) is 0 Å². The summed E-state index contributed by atoms with van der Waals surface area (Å²) in [6, 6.07) is 13.5. The highest BCUT2D eigenvalue weighted by Gasteiger charge is 2.21. The van der Waals surface area contributed by atoms with Crippen LogP contribution in [0.15, 0.2) is 42.5 Å². The van der Waals surface area contributed by atoms with Crippen LogP contribution in [0.25, 0.3) is 0 Å². The molecule has 0 spiro atoms. The molecule has 0 aliphatic carbocycles. The van der Waals surface area contributed by atoms with Gasteiger partial charge in [-0.25, -0.2) is 4.39 Å². The van der Waals surface area contributed by atoms with Crippen LogP contribution in [0.5, 0.6) is 5.75 Å². The van der Waals surface area contributed by atoms with Crippen LogP contribution in [0.4, 0.5) is 15.8 Å². The van der Waals surface area contributed by atoms with Crippen molar-refractivity contribution in [3.63, 3.8) is 0 Å². The minimum absolute atomic E-state index is 0.0756. The molecule has 0 saturated carbocycles. The van der Waals surface area contributed by atoms with E-state index in [9.17, 15) is 14.3 Å². The van der Waals surface area contributed by atoms with Crippen LogP contribution in [0.1, 0.15) is 25.3 Å². The van der Waals surface area contributed by atoms with Crippen molar-refractivity contribution in [2.75, 3.05) is 36.9 Å². The molecule has 0 radical (unpaired) electrons. The predicted molar refractivity (Wildman–Crippen MR) is 116 cm³/mol. The average Bonchev–Trinajstić information content (AvgIpc) is 2.75. The number of carbonyl (C=O) groups is 1. The Bertz CT molecular complexity index is 921. The van der Waals surface area contributed by atoms with Crippen molar-refractivity contribution < 1.29 is 19.0 Å². The number of benzene rings is 2. The molecule has 31 heavy (non-hydrogen) atoms. The molecule has 3 rings (SSSR count). The van der Waals surface area contributed by atoms with Gasteiger partial charge in [0, 0.05) is 38.3 Å². The number of aliphatic hydroxyl groups is 1. The number of hydrogen-bond acceptors (Lipinski definition) is 6. The molecule has 2 aromatic carbocycles. The van der Waals surface area contributed by atoms with E-state index in [-0.39, 0.29) is 18.3 Å². The lowest BCUT2D eigenvalue weighted by molar-refractivity contribution is -0.114. The zero-order chi connectivity index (χ0) is 22.2. The number of amides is 1. The average molecular weight is 426 g/mol. The van der Waals surface area contributed by atoms with Crippen molar-refractivity contribution in [2.45, 2.75) is 31.9 Å². The van der Waals surface area contributed by atoms with E-state index in [4.69, 9.17) is 10.00 Å². The Kier molecular flexibility index (Phi) is 7.82. The molecule has 1 aliphatic heterocycles. The van der Waals surface area contributed by atoms with Crippen molar-refractivity contribution in [3.8, 4) is 11.8 Å². The summed E-state index contributed by atoms with van der Waals surface area (Å²) < 4.78 is 18.7. The van der Waals surface area contributed by atoms with E-state index >= 15 is 0 Å². The first-order chi connectivity index (χ1) is 14.9. The second kappa shape index (κ2) is 10.8. The number of piperidine rings is 1. The molecule has 1 amide bonds. The Hall–Kier alpha value is -3.15. The molecule has 2 aromatic rings. The Morgan fingerprint density at radius 2 is 2.00 bits per heavy atom. The van der Waals surface area contributed by atoms with Gasteiger partial charge in [-0.3, -0.25) is 4.79 Å². The predicted octanol–water partition coefficient (Wildman–Crippen LogP) is 2.97. The number of halogens is 1. The third kappa shape index (κ3) is 6.95. The van der Waals surface area contributed by atoms with Crippen LogP contribution >= 0.6 is 0 Å². The lowest BCUT2D eigenvalue weighted by atomic mass is 10.0. The largest absolute Gasteiger partial charge is 0.489 e. The van der Waals surface area contributed by atoms with Crippen LogP contribution in [0.2, 0.25) is 0 Å². The van der Waals surface area contributed by atoms with E-state index in [1.165, 1.54) is 19.1 Å². The van der Waals surface area contributed by atoms with Crippen molar-refractivity contribution in [1.82, 2.24) is 4.90 Å². The molecule has 1 fully saturated rings. The van der Waals surface area contributed by atoms with Crippen molar-refractivity contribution in [2.24, 2.45) is 0 Å². The molecule has 8 heteroatoms. The fraction of sp³-hybridized carbons (Fsp3) is 0.391. The smallest absolute Gasteiger partial charge is 0.221 e. The first-order valence-electron chi connectivity index (χ1n) is 10.3. The van der Waals surface area contributed by atoms with Gasteiger partial charge in [0.1, 0.15) is 24.3 Å². The van der Waals surface area contributed by atoms with E-state index in [1.807, 2.05) is 6.07 Å². The summed E-state index contributed by atoms with van der Waals surface area (Å²) in [4.78, 5) is 13.6. The number of carbonyl (C=O) groups excluding carboxylic acids is 1. The number of anilines is 2. The third-order valence-corrected chi connectivity index (χ3v) is 5.12. The second-order valence-electron chi connectivity index (χ2n) is 7.69. The molecule has 1 saturated heterocycles. The van der Waals surface area contributed by atoms with E-state index in [0.717, 1.165) is 31.6 Å². The van der Waals surface area contributed by atoms with Crippen LogP contribution < -0.4 is 15.4 Å². The molecular weight excluding hydrogens is 399 g/mol. The maximum atomic E-state index is 13.0. The molecule has 1 heterocycles. The SMILES string of the molecule is CC(=O)Nc1cc(C#N)ccc1OCC(O)CN1CCC(Nc2ccc(F)cc2)CC1. The molecule has 1 aliphatic rings. The molecule has 0 bridgehead atoms. The lowest BCUT2D eigenvalue weighted by Crippen LogP contribution is -2.43. The minimum atomic E-state index is -0.692. The molecule has 7 nitrogen and oxygen atoms in total.